The molecule has 1 aromatic rings. The molecule has 7 heteroatoms. The van der Waals surface area contributed by atoms with Crippen molar-refractivity contribution in [1.82, 2.24) is 15.5 Å². The number of benzene rings is 1. The summed E-state index contributed by atoms with van der Waals surface area (Å²) in [6, 6.07) is 10.7. The predicted octanol–water partition coefficient (Wildman–Crippen LogP) is 2.88. The lowest BCUT2D eigenvalue weighted by molar-refractivity contribution is 0.00566. The molecule has 1 aliphatic heterocycles. The fourth-order valence-electron chi connectivity index (χ4n) is 3.19. The number of guanidine groups is 1. The van der Waals surface area contributed by atoms with Crippen molar-refractivity contribution in [3.8, 4) is 0 Å². The van der Waals surface area contributed by atoms with E-state index in [1.807, 2.05) is 0 Å². The molecule has 0 aromatic heterocycles. The number of nitrogens with zero attached hydrogens (tertiary/aromatic N) is 2. The van der Waals surface area contributed by atoms with Crippen LogP contribution >= 0.6 is 24.0 Å². The molecular weight excluding hydrogens is 467 g/mol. The number of halogens is 1. The summed E-state index contributed by atoms with van der Waals surface area (Å²) in [5.74, 6) is 0.851. The maximum atomic E-state index is 6.07. The van der Waals surface area contributed by atoms with Crippen molar-refractivity contribution in [2.45, 2.75) is 38.8 Å². The number of hydrogen-bond donors (Lipinski definition) is 2. The summed E-state index contributed by atoms with van der Waals surface area (Å²) in [6.07, 6.45) is 3.59. The van der Waals surface area contributed by atoms with Crippen molar-refractivity contribution < 1.29 is 9.47 Å². The first-order chi connectivity index (χ1) is 13.3. The minimum Gasteiger partial charge on any atom is -0.383 e. The molecule has 6 nitrogen and oxygen atoms in total. The number of methoxy groups -OCH3 is 1. The maximum Gasteiger partial charge on any atom is 0.191 e. The van der Waals surface area contributed by atoms with Gasteiger partial charge in [-0.1, -0.05) is 30.3 Å². The number of rotatable bonds is 11. The van der Waals surface area contributed by atoms with Crippen LogP contribution in [0.5, 0.6) is 0 Å². The van der Waals surface area contributed by atoms with E-state index in [9.17, 15) is 0 Å². The number of piperidine rings is 1. The predicted molar refractivity (Wildman–Crippen MR) is 127 cm³/mol. The topological polar surface area (TPSA) is 58.1 Å². The molecule has 0 unspecified atom stereocenters. The quantitative estimate of drug-likeness (QED) is 0.210. The molecule has 1 aliphatic rings. The normalized spacial score (nSPS) is 15.9. The monoisotopic (exact) mass is 504 g/mol. The van der Waals surface area contributed by atoms with Gasteiger partial charge in [0.2, 0.25) is 0 Å². The molecule has 1 aromatic carbocycles. The number of likely N-dealkylation sites (tertiary alicyclic amines) is 1. The molecule has 0 aliphatic carbocycles. The lowest BCUT2D eigenvalue weighted by Crippen LogP contribution is -2.39. The molecule has 28 heavy (non-hydrogen) atoms. The van der Waals surface area contributed by atoms with Gasteiger partial charge in [-0.3, -0.25) is 9.89 Å². The second-order valence-corrected chi connectivity index (χ2v) is 6.87. The van der Waals surface area contributed by atoms with E-state index in [0.29, 0.717) is 12.7 Å². The van der Waals surface area contributed by atoms with Crippen LogP contribution in [0.15, 0.2) is 35.3 Å². The van der Waals surface area contributed by atoms with Gasteiger partial charge < -0.3 is 20.1 Å². The molecule has 0 bridgehead atoms. The molecule has 160 valence electrons. The van der Waals surface area contributed by atoms with Crippen LogP contribution in [0, 0.1) is 0 Å². The lowest BCUT2D eigenvalue weighted by atomic mass is 10.1. The smallest absolute Gasteiger partial charge is 0.191 e. The molecule has 1 heterocycles. The Hall–Kier alpha value is -0.900. The van der Waals surface area contributed by atoms with Crippen LogP contribution in [0.4, 0.5) is 0 Å². The molecule has 0 spiro atoms. The Morgan fingerprint density at radius 2 is 1.89 bits per heavy atom. The van der Waals surface area contributed by atoms with E-state index in [1.54, 1.807) is 7.11 Å². The SMILES string of the molecule is CCNC(=NCCCOC1CCN(Cc2ccccc2)CC1)NCCOC.I. The van der Waals surface area contributed by atoms with Crippen LogP contribution in [0.3, 0.4) is 0 Å². The Morgan fingerprint density at radius 1 is 1.14 bits per heavy atom. The lowest BCUT2D eigenvalue weighted by Gasteiger charge is -2.31. The molecular formula is C21H37IN4O2. The van der Waals surface area contributed by atoms with E-state index in [-0.39, 0.29) is 24.0 Å². The van der Waals surface area contributed by atoms with E-state index in [2.05, 4.69) is 57.8 Å². The molecule has 2 rings (SSSR count). The van der Waals surface area contributed by atoms with Gasteiger partial charge in [-0.25, -0.2) is 0 Å². The van der Waals surface area contributed by atoms with E-state index in [0.717, 1.165) is 71.1 Å². The van der Waals surface area contributed by atoms with Gasteiger partial charge in [0.15, 0.2) is 5.96 Å². The highest BCUT2D eigenvalue weighted by Gasteiger charge is 2.19. The van der Waals surface area contributed by atoms with Gasteiger partial charge in [-0.15, -0.1) is 24.0 Å². The Balaban J connectivity index is 0.00000392. The molecule has 0 saturated carbocycles. The van der Waals surface area contributed by atoms with Crippen LogP contribution < -0.4 is 10.6 Å². The summed E-state index contributed by atoms with van der Waals surface area (Å²) in [6.45, 7) is 9.21. The number of aliphatic imine (C=N–C) groups is 1. The minimum absolute atomic E-state index is 0. The van der Waals surface area contributed by atoms with E-state index < -0.39 is 0 Å². The Morgan fingerprint density at radius 3 is 2.57 bits per heavy atom. The van der Waals surface area contributed by atoms with Gasteiger partial charge >= 0.3 is 0 Å². The summed E-state index contributed by atoms with van der Waals surface area (Å²) in [5.41, 5.74) is 1.39. The van der Waals surface area contributed by atoms with Gasteiger partial charge in [0.1, 0.15) is 0 Å². The average Bonchev–Trinajstić information content (AvgIpc) is 2.70. The van der Waals surface area contributed by atoms with Crippen molar-refractivity contribution >= 4 is 29.9 Å². The largest absolute Gasteiger partial charge is 0.383 e. The van der Waals surface area contributed by atoms with E-state index in [1.165, 1.54) is 5.56 Å². The fourth-order valence-corrected chi connectivity index (χ4v) is 3.19. The summed E-state index contributed by atoms with van der Waals surface area (Å²) in [5, 5.41) is 6.50. The second kappa shape index (κ2) is 16.0. The zero-order valence-electron chi connectivity index (χ0n) is 17.4. The Kier molecular flexibility index (Phi) is 14.3. The highest BCUT2D eigenvalue weighted by molar-refractivity contribution is 14.0. The number of ether oxygens (including phenoxy) is 2. The second-order valence-electron chi connectivity index (χ2n) is 6.87. The van der Waals surface area contributed by atoms with Crippen molar-refractivity contribution in [3.63, 3.8) is 0 Å². The van der Waals surface area contributed by atoms with Gasteiger partial charge in [0.05, 0.1) is 12.7 Å². The first kappa shape index (κ1) is 25.1. The Bertz CT molecular complexity index is 522. The van der Waals surface area contributed by atoms with Crippen molar-refractivity contribution in [1.29, 1.82) is 0 Å². The number of nitrogens with one attached hydrogen (secondary N) is 2. The minimum atomic E-state index is 0. The van der Waals surface area contributed by atoms with Gasteiger partial charge in [0, 0.05) is 53.0 Å². The zero-order valence-corrected chi connectivity index (χ0v) is 19.7. The molecule has 0 radical (unpaired) electrons. The maximum absolute atomic E-state index is 6.07. The van der Waals surface area contributed by atoms with Crippen LogP contribution in [-0.4, -0.2) is 70.0 Å². The van der Waals surface area contributed by atoms with E-state index in [4.69, 9.17) is 9.47 Å². The molecule has 1 fully saturated rings. The Labute approximate surface area is 187 Å². The summed E-state index contributed by atoms with van der Waals surface area (Å²) in [7, 11) is 1.70. The fraction of sp³-hybridized carbons (Fsp3) is 0.667. The summed E-state index contributed by atoms with van der Waals surface area (Å²) < 4.78 is 11.1. The molecule has 1 saturated heterocycles. The number of hydrogen-bond acceptors (Lipinski definition) is 4. The summed E-state index contributed by atoms with van der Waals surface area (Å²) >= 11 is 0. The summed E-state index contributed by atoms with van der Waals surface area (Å²) in [4.78, 5) is 7.10. The van der Waals surface area contributed by atoms with Crippen molar-refractivity contribution in [2.75, 3.05) is 53.0 Å². The third-order valence-corrected chi connectivity index (χ3v) is 4.65. The van der Waals surface area contributed by atoms with Crippen molar-refractivity contribution in [2.24, 2.45) is 4.99 Å². The van der Waals surface area contributed by atoms with Gasteiger partial charge in [-0.05, 0) is 31.7 Å². The van der Waals surface area contributed by atoms with Crippen LogP contribution in [0.25, 0.3) is 0 Å². The zero-order chi connectivity index (χ0) is 19.2. The first-order valence-electron chi connectivity index (χ1n) is 10.2. The highest BCUT2D eigenvalue weighted by Crippen LogP contribution is 2.16. The van der Waals surface area contributed by atoms with Crippen molar-refractivity contribution in [3.05, 3.63) is 35.9 Å². The highest BCUT2D eigenvalue weighted by atomic mass is 127. The average molecular weight is 504 g/mol. The molecule has 0 atom stereocenters. The van der Waals surface area contributed by atoms with E-state index >= 15 is 0 Å². The molecule has 0 amide bonds. The standard InChI is InChI=1S/C21H36N4O2.HI/c1-3-22-21(24-13-17-26-2)23-12-7-16-27-20-10-14-25(15-11-20)18-19-8-5-4-6-9-19;/h4-6,8-9,20H,3,7,10-18H2,1-2H3,(H2,22,23,24);1H. The van der Waals surface area contributed by atoms with Gasteiger partial charge in [-0.2, -0.15) is 0 Å². The molecule has 2 N–H and O–H groups in total. The first-order valence-corrected chi connectivity index (χ1v) is 10.2. The van der Waals surface area contributed by atoms with Crippen LogP contribution in [-0.2, 0) is 16.0 Å². The van der Waals surface area contributed by atoms with Crippen LogP contribution in [0.2, 0.25) is 0 Å². The van der Waals surface area contributed by atoms with Gasteiger partial charge in [0.25, 0.3) is 0 Å². The van der Waals surface area contributed by atoms with Crippen LogP contribution in [0.1, 0.15) is 31.7 Å². The third-order valence-electron chi connectivity index (χ3n) is 4.65. The third kappa shape index (κ3) is 10.6.